The number of ether oxygens (including phenoxy) is 1. The van der Waals surface area contributed by atoms with Crippen molar-refractivity contribution in [3.63, 3.8) is 0 Å². The van der Waals surface area contributed by atoms with E-state index in [1.165, 1.54) is 0 Å². The Morgan fingerprint density at radius 2 is 1.97 bits per heavy atom. The lowest BCUT2D eigenvalue weighted by molar-refractivity contribution is 0.0730. The molecule has 2 aromatic carbocycles. The van der Waals surface area contributed by atoms with Gasteiger partial charge in [-0.2, -0.15) is 5.26 Å². The van der Waals surface area contributed by atoms with Gasteiger partial charge in [0.05, 0.1) is 18.7 Å². The number of aromatic nitrogens is 1. The molecule has 1 amide bonds. The van der Waals surface area contributed by atoms with Gasteiger partial charge in [-0.15, -0.1) is 0 Å². The molecule has 1 atom stereocenters. The molecule has 0 aliphatic carbocycles. The highest BCUT2D eigenvalue weighted by molar-refractivity contribution is 5.95. The van der Waals surface area contributed by atoms with Crippen LogP contribution in [0.1, 0.15) is 40.7 Å². The first-order valence-corrected chi connectivity index (χ1v) is 10.6. The summed E-state index contributed by atoms with van der Waals surface area (Å²) in [5.74, 6) is 0.669. The number of nitrogens with zero attached hydrogens (tertiary/aromatic N) is 3. The smallest absolute Gasteiger partial charge is 0.254 e. The lowest BCUT2D eigenvalue weighted by Gasteiger charge is -2.25. The van der Waals surface area contributed by atoms with Gasteiger partial charge in [0.15, 0.2) is 0 Å². The first-order chi connectivity index (χ1) is 15.2. The van der Waals surface area contributed by atoms with Crippen LogP contribution < -0.4 is 4.74 Å². The average molecular weight is 412 g/mol. The van der Waals surface area contributed by atoms with Crippen LogP contribution in [0.3, 0.4) is 0 Å². The molecule has 0 N–H and O–H groups in total. The minimum Gasteiger partial charge on any atom is -0.481 e. The number of nitriles is 1. The fourth-order valence-electron chi connectivity index (χ4n) is 4.18. The minimum atomic E-state index is 0.0904. The number of rotatable bonds is 6. The molecule has 0 bridgehead atoms. The number of methoxy groups -OCH3 is 1. The van der Waals surface area contributed by atoms with Crippen LogP contribution in [0.4, 0.5) is 0 Å². The van der Waals surface area contributed by atoms with Crippen molar-refractivity contribution in [2.75, 3.05) is 13.7 Å². The molecule has 0 radical (unpaired) electrons. The van der Waals surface area contributed by atoms with Gasteiger partial charge in [0, 0.05) is 36.0 Å². The fraction of sp³-hybridized carbons (Fsp3) is 0.269. The van der Waals surface area contributed by atoms with Gasteiger partial charge in [-0.05, 0) is 67.1 Å². The number of amides is 1. The van der Waals surface area contributed by atoms with Crippen molar-refractivity contribution >= 4 is 5.91 Å². The third-order valence-electron chi connectivity index (χ3n) is 5.87. The predicted octanol–water partition coefficient (Wildman–Crippen LogP) is 4.87. The maximum atomic E-state index is 13.2. The summed E-state index contributed by atoms with van der Waals surface area (Å²) in [6.07, 6.45) is 5.61. The maximum Gasteiger partial charge on any atom is 0.254 e. The fourth-order valence-corrected chi connectivity index (χ4v) is 4.18. The molecule has 4 rings (SSSR count). The quantitative estimate of drug-likeness (QED) is 0.581. The van der Waals surface area contributed by atoms with E-state index in [0.717, 1.165) is 48.9 Å². The lowest BCUT2D eigenvalue weighted by Crippen LogP contribution is -2.35. The summed E-state index contributed by atoms with van der Waals surface area (Å²) < 4.78 is 5.11. The predicted molar refractivity (Wildman–Crippen MR) is 120 cm³/mol. The molecule has 1 aromatic heterocycles. The van der Waals surface area contributed by atoms with E-state index in [1.54, 1.807) is 13.3 Å². The number of hydrogen-bond donors (Lipinski definition) is 0. The molecule has 2 heterocycles. The van der Waals surface area contributed by atoms with E-state index in [9.17, 15) is 4.79 Å². The summed E-state index contributed by atoms with van der Waals surface area (Å²) in [6, 6.07) is 21.7. The number of carbonyl (C=O) groups excluding carboxylic acids is 1. The first kappa shape index (κ1) is 20.6. The normalized spacial score (nSPS) is 15.5. The van der Waals surface area contributed by atoms with Crippen LogP contribution in [-0.2, 0) is 6.42 Å². The Morgan fingerprint density at radius 1 is 1.16 bits per heavy atom. The molecule has 1 fully saturated rings. The second kappa shape index (κ2) is 9.44. The Morgan fingerprint density at radius 3 is 2.68 bits per heavy atom. The number of likely N-dealkylation sites (tertiary alicyclic amines) is 1. The molecule has 156 valence electrons. The van der Waals surface area contributed by atoms with E-state index in [-0.39, 0.29) is 11.9 Å². The maximum absolute atomic E-state index is 13.2. The molecular weight excluding hydrogens is 386 g/mol. The summed E-state index contributed by atoms with van der Waals surface area (Å²) in [6.45, 7) is 0.798. The first-order valence-electron chi connectivity index (χ1n) is 10.6. The van der Waals surface area contributed by atoms with E-state index >= 15 is 0 Å². The highest BCUT2D eigenvalue weighted by Gasteiger charge is 2.29. The molecule has 1 aliphatic heterocycles. The van der Waals surface area contributed by atoms with Gasteiger partial charge >= 0.3 is 0 Å². The molecule has 5 heteroatoms. The number of hydrogen-bond acceptors (Lipinski definition) is 4. The van der Waals surface area contributed by atoms with Crippen LogP contribution in [0.25, 0.3) is 11.1 Å². The van der Waals surface area contributed by atoms with E-state index in [2.05, 4.69) is 17.1 Å². The van der Waals surface area contributed by atoms with Gasteiger partial charge in [-0.1, -0.05) is 24.3 Å². The molecule has 5 nitrogen and oxygen atoms in total. The van der Waals surface area contributed by atoms with E-state index in [0.29, 0.717) is 17.0 Å². The van der Waals surface area contributed by atoms with Crippen LogP contribution in [-0.4, -0.2) is 35.5 Å². The van der Waals surface area contributed by atoms with Gasteiger partial charge < -0.3 is 9.64 Å². The van der Waals surface area contributed by atoms with Crippen LogP contribution in [0.2, 0.25) is 0 Å². The standard InChI is InChI=1S/C26H25N3O2/c1-31-25-14-12-23(18-28-25)21-8-10-22(11-9-21)26(30)29-15-3-6-24(29)13-7-19-4-2-5-20(16-19)17-27/h2,4-5,8-12,14,16,18,24H,3,6-7,13,15H2,1H3/t24-/m0/s1. The zero-order valence-electron chi connectivity index (χ0n) is 17.6. The summed E-state index contributed by atoms with van der Waals surface area (Å²) >= 11 is 0. The van der Waals surface area contributed by atoms with Gasteiger partial charge in [0.25, 0.3) is 5.91 Å². The molecular formula is C26H25N3O2. The molecule has 0 saturated carbocycles. The average Bonchev–Trinajstić information content (AvgIpc) is 3.31. The van der Waals surface area contributed by atoms with Crippen LogP contribution in [0.15, 0.2) is 66.9 Å². The van der Waals surface area contributed by atoms with Crippen molar-refractivity contribution in [1.82, 2.24) is 9.88 Å². The summed E-state index contributed by atoms with van der Waals surface area (Å²) in [7, 11) is 1.59. The van der Waals surface area contributed by atoms with Gasteiger partial charge in [0.1, 0.15) is 0 Å². The molecule has 0 spiro atoms. The topological polar surface area (TPSA) is 66.2 Å². The minimum absolute atomic E-state index is 0.0904. The Balaban J connectivity index is 1.42. The molecule has 3 aromatic rings. The van der Waals surface area contributed by atoms with Crippen LogP contribution in [0, 0.1) is 11.3 Å². The van der Waals surface area contributed by atoms with Crippen molar-refractivity contribution in [2.24, 2.45) is 0 Å². The van der Waals surface area contributed by atoms with Crippen molar-refractivity contribution in [2.45, 2.75) is 31.7 Å². The molecule has 1 aliphatic rings. The third-order valence-corrected chi connectivity index (χ3v) is 5.87. The highest BCUT2D eigenvalue weighted by Crippen LogP contribution is 2.26. The Bertz CT molecular complexity index is 1080. The third kappa shape index (κ3) is 4.75. The molecule has 0 unspecified atom stereocenters. The molecule has 31 heavy (non-hydrogen) atoms. The van der Waals surface area contributed by atoms with E-state index in [4.69, 9.17) is 10.00 Å². The summed E-state index contributed by atoms with van der Waals surface area (Å²) in [5, 5.41) is 9.09. The second-order valence-electron chi connectivity index (χ2n) is 7.81. The summed E-state index contributed by atoms with van der Waals surface area (Å²) in [4.78, 5) is 19.4. The SMILES string of the molecule is COc1ccc(-c2ccc(C(=O)N3CCC[C@H]3CCc3cccc(C#N)c3)cc2)cn1. The van der Waals surface area contributed by atoms with Crippen molar-refractivity contribution in [3.8, 4) is 23.1 Å². The van der Waals surface area contributed by atoms with Crippen molar-refractivity contribution in [1.29, 1.82) is 5.26 Å². The zero-order chi connectivity index (χ0) is 21.6. The van der Waals surface area contributed by atoms with Crippen molar-refractivity contribution in [3.05, 3.63) is 83.6 Å². The second-order valence-corrected chi connectivity index (χ2v) is 7.81. The van der Waals surface area contributed by atoms with Gasteiger partial charge in [-0.25, -0.2) is 4.98 Å². The number of aryl methyl sites for hydroxylation is 1. The Hall–Kier alpha value is -3.65. The zero-order valence-corrected chi connectivity index (χ0v) is 17.6. The van der Waals surface area contributed by atoms with Gasteiger partial charge in [0.2, 0.25) is 5.88 Å². The number of benzene rings is 2. The van der Waals surface area contributed by atoms with E-state index in [1.807, 2.05) is 59.5 Å². The lowest BCUT2D eigenvalue weighted by atomic mass is 10.0. The largest absolute Gasteiger partial charge is 0.481 e. The number of pyridine rings is 1. The Labute approximate surface area is 182 Å². The van der Waals surface area contributed by atoms with Crippen molar-refractivity contribution < 1.29 is 9.53 Å². The Kier molecular flexibility index (Phi) is 6.28. The van der Waals surface area contributed by atoms with Gasteiger partial charge in [-0.3, -0.25) is 4.79 Å². The van der Waals surface area contributed by atoms with E-state index < -0.39 is 0 Å². The van der Waals surface area contributed by atoms with Crippen LogP contribution in [0.5, 0.6) is 5.88 Å². The summed E-state index contributed by atoms with van der Waals surface area (Å²) in [5.41, 5.74) is 4.55. The molecule has 1 saturated heterocycles. The van der Waals surface area contributed by atoms with Crippen LogP contribution >= 0.6 is 0 Å². The highest BCUT2D eigenvalue weighted by atomic mass is 16.5. The number of carbonyl (C=O) groups is 1. The monoisotopic (exact) mass is 411 g/mol.